The molecule has 0 radical (unpaired) electrons. The van der Waals surface area contributed by atoms with Crippen molar-refractivity contribution in [2.75, 3.05) is 6.26 Å². The average molecular weight is 1680 g/mol. The van der Waals surface area contributed by atoms with Crippen molar-refractivity contribution in [1.29, 1.82) is 0 Å². The lowest BCUT2D eigenvalue weighted by molar-refractivity contribution is -0.191. The fourth-order valence-corrected chi connectivity index (χ4v) is 16.1. The highest BCUT2D eigenvalue weighted by Crippen LogP contribution is 2.63. The van der Waals surface area contributed by atoms with Crippen LogP contribution in [0.15, 0.2) is 243 Å². The van der Waals surface area contributed by atoms with Crippen molar-refractivity contribution < 1.29 is 47.3 Å². The van der Waals surface area contributed by atoms with Crippen LogP contribution >= 0.6 is 0 Å². The number of aryl methyl sites for hydroxylation is 24. The smallest absolute Gasteiger partial charge is 0.478 e. The normalized spacial score (nSPS) is 11.4. The van der Waals surface area contributed by atoms with Crippen molar-refractivity contribution in [3.8, 4) is 66.8 Å². The van der Waals surface area contributed by atoms with Crippen molar-refractivity contribution in [3.63, 3.8) is 0 Å². The maximum atomic E-state index is 12.4. The number of ketones is 1. The SMILES string of the molecule is CS(=O)(=O)O.Cc1cc(C)c(C)cc1C.Cc1cc2c(cc1C)-c1cc(C)c(C)cc1C2=O.Cc1cc2c(cc1C)C1(c3ccccc3-c3ccccc31)c1cc(C)c(C)cc1-2.Cc1ccc(-c2cc(C)c(C)cc2C(=O)O)cc1C.Cc1ccc(-c2cc(C)c(C)cc2C)cc1C.Cc1ccc(B(O)O)cc1C.Cc1ccccc1-c1ccccc1.O=C=O. The number of hydrogen-bond acceptors (Lipinski definition) is 8. The zero-order valence-electron chi connectivity index (χ0n) is 77.3. The minimum atomic E-state index is -3.67. The number of carbonyl (C=O) groups excluding carboxylic acids is 3. The van der Waals surface area contributed by atoms with Crippen LogP contribution in [0.25, 0.3) is 66.8 Å². The standard InChI is InChI=1S/C29H24.C17H18O2.C17H16O.C17H20.C13H12.C10H14.C8H11BO2.CH4O3S.CO2/c1-17-13-23-24-14-18(2)20(4)16-28(24)29(27(23)15-19(17)3)25-11-7-5-9-21(25)22-10-6-8-12-26(22)29;1-10-5-6-14(7-11(10)2)15-8-12(3)13(4)9-16(15)17(18)19;1-9-5-13-14-6-10(2)12(4)8-16(14)17(18)15(13)7-11(9)3;1-11-6-7-16(9-13(11)3)17-10-14(4)12(2)8-15(17)5;1-11-7-5-6-10-13(11)12-8-3-2-4-9-12;1-7-5-9(3)10(4)6-8(7)2;1-6-3-4-8(9(10)11)5-7(6)2;1-5(2,3)4;2-1-3/h5-16H,1-4H3;5-9H,1-4H3,(H,18,19);5-8H,1-4H3;6-10H,1-5H3;2-10H,1H3;5-6H,1-4H3;3-5,10-11H,1-2H3;1H3,(H,2,3,4);. The molecular weight excluding hydrogens is 1560 g/mol. The number of hydrogen-bond donors (Lipinski definition) is 4. The number of carboxylic acids is 1. The zero-order chi connectivity index (χ0) is 92.1. The minimum absolute atomic E-state index is 0.172. The van der Waals surface area contributed by atoms with Gasteiger partial charge in [0, 0.05) is 11.1 Å². The monoisotopic (exact) mass is 1680 g/mol. The quantitative estimate of drug-likeness (QED) is 0.0955. The summed E-state index contributed by atoms with van der Waals surface area (Å²) in [6, 6.07) is 85.9. The van der Waals surface area contributed by atoms with Gasteiger partial charge in [0.2, 0.25) is 0 Å². The van der Waals surface area contributed by atoms with E-state index in [0.717, 1.165) is 55.6 Å². The van der Waals surface area contributed by atoms with Gasteiger partial charge in [0.25, 0.3) is 10.1 Å². The van der Waals surface area contributed by atoms with Gasteiger partial charge in [0.05, 0.1) is 17.2 Å². The lowest BCUT2D eigenvalue weighted by Gasteiger charge is -2.31. The molecule has 1 spiro atoms. The highest BCUT2D eigenvalue weighted by molar-refractivity contribution is 7.85. The first-order chi connectivity index (χ1) is 58.9. The van der Waals surface area contributed by atoms with E-state index < -0.39 is 23.2 Å². The summed E-state index contributed by atoms with van der Waals surface area (Å²) in [5.41, 5.74) is 53.7. The molecule has 0 aliphatic heterocycles. The van der Waals surface area contributed by atoms with Gasteiger partial charge in [0.1, 0.15) is 0 Å². The Bertz CT molecular complexity index is 6330. The second-order valence-corrected chi connectivity index (χ2v) is 35.4. The van der Waals surface area contributed by atoms with E-state index in [1.807, 2.05) is 83.1 Å². The topological polar surface area (TPSA) is 183 Å². The van der Waals surface area contributed by atoms with E-state index in [1.54, 1.807) is 18.2 Å². The van der Waals surface area contributed by atoms with Gasteiger partial charge >= 0.3 is 19.2 Å². The summed E-state index contributed by atoms with van der Waals surface area (Å²) in [7, 11) is -5.02. The molecule has 125 heavy (non-hydrogen) atoms. The van der Waals surface area contributed by atoms with E-state index in [4.69, 9.17) is 24.2 Å². The molecule has 3 aliphatic rings. The first-order valence-electron chi connectivity index (χ1n) is 42.2. The lowest BCUT2D eigenvalue weighted by atomic mass is 9.70. The highest BCUT2D eigenvalue weighted by atomic mass is 32.2. The van der Waals surface area contributed by atoms with E-state index >= 15 is 0 Å². The van der Waals surface area contributed by atoms with Crippen LogP contribution in [0.5, 0.6) is 0 Å². The van der Waals surface area contributed by atoms with Gasteiger partial charge in [-0.05, 0) is 412 Å². The van der Waals surface area contributed by atoms with Crippen molar-refractivity contribution >= 4 is 40.6 Å². The molecule has 640 valence electrons. The third-order valence-corrected chi connectivity index (χ3v) is 24.9. The Morgan fingerprint density at radius 2 is 0.560 bits per heavy atom. The molecule has 14 aromatic rings. The van der Waals surface area contributed by atoms with Gasteiger partial charge in [-0.2, -0.15) is 18.0 Å². The molecule has 12 heteroatoms. The number of benzene rings is 14. The Morgan fingerprint density at radius 3 is 0.936 bits per heavy atom. The summed E-state index contributed by atoms with van der Waals surface area (Å²) in [5.74, 6) is -0.706. The molecule has 0 fully saturated rings. The van der Waals surface area contributed by atoms with Crippen LogP contribution in [-0.2, 0) is 25.1 Å². The molecule has 3 aliphatic carbocycles. The number of carbonyl (C=O) groups is 2. The predicted octanol–water partition coefficient (Wildman–Crippen LogP) is 26.1. The van der Waals surface area contributed by atoms with Crippen LogP contribution < -0.4 is 5.46 Å². The Kier molecular flexibility index (Phi) is 31.8. The minimum Gasteiger partial charge on any atom is -0.478 e. The summed E-state index contributed by atoms with van der Waals surface area (Å²) < 4.78 is 25.9. The van der Waals surface area contributed by atoms with E-state index in [2.05, 4.69) is 307 Å². The van der Waals surface area contributed by atoms with E-state index in [0.29, 0.717) is 17.3 Å². The average Bonchev–Trinajstić information content (AvgIpc) is 1.50. The van der Waals surface area contributed by atoms with Crippen molar-refractivity contribution in [2.24, 2.45) is 0 Å². The summed E-state index contributed by atoms with van der Waals surface area (Å²) in [6.45, 7) is 50.9. The molecule has 0 unspecified atom stereocenters. The summed E-state index contributed by atoms with van der Waals surface area (Å²) in [6.07, 6.45) is 0.965. The number of rotatable bonds is 5. The van der Waals surface area contributed by atoms with Crippen LogP contribution in [0, 0.1) is 166 Å². The fraction of sp³-hybridized carbons (Fsp3) is 0.230. The second kappa shape index (κ2) is 41.3. The molecule has 0 saturated carbocycles. The third kappa shape index (κ3) is 22.5. The largest absolute Gasteiger partial charge is 0.488 e. The molecule has 0 amide bonds. The molecular formula is C113H119BO10S. The molecule has 0 heterocycles. The first kappa shape index (κ1) is 96.3. The van der Waals surface area contributed by atoms with E-state index in [9.17, 15) is 23.1 Å². The van der Waals surface area contributed by atoms with Crippen molar-refractivity contribution in [1.82, 2.24) is 0 Å². The second-order valence-electron chi connectivity index (χ2n) is 34.0. The van der Waals surface area contributed by atoms with Crippen LogP contribution in [0.1, 0.15) is 182 Å². The van der Waals surface area contributed by atoms with Crippen LogP contribution in [0.3, 0.4) is 0 Å². The summed E-state index contributed by atoms with van der Waals surface area (Å²) in [4.78, 5) is 40.1. The molecule has 0 bridgehead atoms. The Morgan fingerprint density at radius 1 is 0.272 bits per heavy atom. The molecule has 14 aromatic carbocycles. The summed E-state index contributed by atoms with van der Waals surface area (Å²) in [5, 5.41) is 27.0. The maximum Gasteiger partial charge on any atom is 0.488 e. The molecule has 0 aromatic heterocycles. The van der Waals surface area contributed by atoms with E-state index in [1.165, 1.54) is 178 Å². The predicted molar refractivity (Wildman–Crippen MR) is 520 cm³/mol. The maximum absolute atomic E-state index is 12.4. The summed E-state index contributed by atoms with van der Waals surface area (Å²) >= 11 is 0. The van der Waals surface area contributed by atoms with Gasteiger partial charge in [0.15, 0.2) is 5.78 Å². The van der Waals surface area contributed by atoms with Gasteiger partial charge in [-0.15, -0.1) is 0 Å². The van der Waals surface area contributed by atoms with Gasteiger partial charge in [-0.3, -0.25) is 9.35 Å². The van der Waals surface area contributed by atoms with Crippen molar-refractivity contribution in [2.45, 2.75) is 172 Å². The highest BCUT2D eigenvalue weighted by Gasteiger charge is 2.52. The third-order valence-electron chi connectivity index (χ3n) is 24.9. The van der Waals surface area contributed by atoms with Gasteiger partial charge < -0.3 is 15.2 Å². The van der Waals surface area contributed by atoms with Crippen LogP contribution in [0.2, 0.25) is 0 Å². The Hall–Kier alpha value is -12.5. The molecule has 0 atom stereocenters. The number of fused-ring (bicyclic) bond motifs is 13. The molecule has 4 N–H and O–H groups in total. The fourth-order valence-electron chi connectivity index (χ4n) is 16.1. The number of carboxylic acid groups (broad SMARTS) is 1. The number of aromatic carboxylic acids is 1. The molecule has 10 nitrogen and oxygen atoms in total. The lowest BCUT2D eigenvalue weighted by Crippen LogP contribution is -2.29. The molecule has 17 rings (SSSR count). The van der Waals surface area contributed by atoms with E-state index in [-0.39, 0.29) is 17.3 Å². The van der Waals surface area contributed by atoms with Gasteiger partial charge in [-0.1, -0.05) is 224 Å². The van der Waals surface area contributed by atoms with Crippen molar-refractivity contribution in [3.05, 3.63) is 415 Å². The Balaban J connectivity index is 0.000000167. The first-order valence-corrected chi connectivity index (χ1v) is 44.1. The van der Waals surface area contributed by atoms with Gasteiger partial charge in [-0.25, -0.2) is 4.79 Å². The molecule has 0 saturated heterocycles. The van der Waals surface area contributed by atoms with Crippen LogP contribution in [-0.4, -0.2) is 59.4 Å². The zero-order valence-corrected chi connectivity index (χ0v) is 78.1. The Labute approximate surface area is 742 Å². The van der Waals surface area contributed by atoms with Crippen LogP contribution in [0.4, 0.5) is 0 Å².